The first kappa shape index (κ1) is 18.7. The van der Waals surface area contributed by atoms with Gasteiger partial charge in [-0.15, -0.1) is 0 Å². The Morgan fingerprint density at radius 3 is 2.19 bits per heavy atom. The molecule has 0 aliphatic carbocycles. The molecule has 2 N–H and O–H groups in total. The Morgan fingerprint density at radius 2 is 1.48 bits per heavy atom. The number of amides is 1. The van der Waals surface area contributed by atoms with Crippen LogP contribution in [-0.2, 0) is 10.0 Å². The van der Waals surface area contributed by atoms with Gasteiger partial charge in [0.25, 0.3) is 15.9 Å². The van der Waals surface area contributed by atoms with E-state index in [1.54, 1.807) is 42.5 Å². The van der Waals surface area contributed by atoms with Crippen molar-refractivity contribution < 1.29 is 13.2 Å². The van der Waals surface area contributed by atoms with Crippen LogP contribution >= 0.6 is 0 Å². The van der Waals surface area contributed by atoms with Gasteiger partial charge in [0.2, 0.25) is 0 Å². The van der Waals surface area contributed by atoms with E-state index < -0.39 is 10.0 Å². The van der Waals surface area contributed by atoms with Gasteiger partial charge in [-0.05, 0) is 61.9 Å². The van der Waals surface area contributed by atoms with E-state index in [1.165, 1.54) is 12.1 Å². The third-order valence-electron chi connectivity index (χ3n) is 3.99. The molecule has 0 saturated heterocycles. The molecule has 1 amide bonds. The van der Waals surface area contributed by atoms with Gasteiger partial charge in [-0.2, -0.15) is 0 Å². The molecule has 0 saturated carbocycles. The van der Waals surface area contributed by atoms with E-state index in [4.69, 9.17) is 0 Å². The van der Waals surface area contributed by atoms with Crippen molar-refractivity contribution in [1.29, 1.82) is 0 Å². The molecule has 0 spiro atoms. The topological polar surface area (TPSA) is 75.3 Å². The van der Waals surface area contributed by atoms with Crippen LogP contribution in [-0.4, -0.2) is 14.3 Å². The number of benzene rings is 3. The van der Waals surface area contributed by atoms with Gasteiger partial charge in [0.05, 0.1) is 4.90 Å². The van der Waals surface area contributed by atoms with E-state index in [0.29, 0.717) is 11.4 Å². The second-order valence-corrected chi connectivity index (χ2v) is 8.01. The zero-order chi connectivity index (χ0) is 19.4. The largest absolute Gasteiger partial charge is 0.322 e. The van der Waals surface area contributed by atoms with Gasteiger partial charge < -0.3 is 5.32 Å². The highest BCUT2D eigenvalue weighted by Gasteiger charge is 2.16. The molecule has 138 valence electrons. The van der Waals surface area contributed by atoms with Crippen LogP contribution in [0.2, 0.25) is 0 Å². The molecule has 0 bridgehead atoms. The standard InChI is InChI=1S/C21H20N2O3S/c1-15-9-11-18(12-10-15)22-21(24)17-6-4-8-20(14-17)27(25,26)23-19-7-3-5-16(2)13-19/h3-14,23H,1-2H3,(H,22,24). The third kappa shape index (κ3) is 4.74. The van der Waals surface area contributed by atoms with Gasteiger partial charge >= 0.3 is 0 Å². The molecular formula is C21H20N2O3S. The van der Waals surface area contributed by atoms with Crippen molar-refractivity contribution in [2.75, 3.05) is 10.0 Å². The molecule has 0 fully saturated rings. The lowest BCUT2D eigenvalue weighted by Gasteiger charge is -2.10. The van der Waals surface area contributed by atoms with Crippen molar-refractivity contribution in [2.24, 2.45) is 0 Å². The first-order chi connectivity index (χ1) is 12.8. The molecule has 5 nitrogen and oxygen atoms in total. The predicted molar refractivity (Wildman–Crippen MR) is 108 cm³/mol. The summed E-state index contributed by atoms with van der Waals surface area (Å²) in [5.41, 5.74) is 3.42. The lowest BCUT2D eigenvalue weighted by atomic mass is 10.2. The van der Waals surface area contributed by atoms with E-state index in [2.05, 4.69) is 10.0 Å². The maximum atomic E-state index is 12.6. The number of anilines is 2. The lowest BCUT2D eigenvalue weighted by molar-refractivity contribution is 0.102. The second-order valence-electron chi connectivity index (χ2n) is 6.32. The van der Waals surface area contributed by atoms with E-state index in [1.807, 2.05) is 32.0 Å². The quantitative estimate of drug-likeness (QED) is 0.691. The maximum absolute atomic E-state index is 12.6. The Hall–Kier alpha value is -3.12. The average Bonchev–Trinajstić information content (AvgIpc) is 2.63. The zero-order valence-electron chi connectivity index (χ0n) is 15.1. The summed E-state index contributed by atoms with van der Waals surface area (Å²) in [6.45, 7) is 3.84. The fraction of sp³-hybridized carbons (Fsp3) is 0.0952. The van der Waals surface area contributed by atoms with Crippen molar-refractivity contribution in [3.63, 3.8) is 0 Å². The number of carbonyl (C=O) groups is 1. The summed E-state index contributed by atoms with van der Waals surface area (Å²) in [5, 5.41) is 2.77. The molecule has 3 aromatic carbocycles. The molecule has 0 aliphatic rings. The van der Waals surface area contributed by atoms with Crippen LogP contribution in [0.25, 0.3) is 0 Å². The highest BCUT2D eigenvalue weighted by Crippen LogP contribution is 2.19. The van der Waals surface area contributed by atoms with E-state index >= 15 is 0 Å². The average molecular weight is 380 g/mol. The van der Waals surface area contributed by atoms with Crippen LogP contribution in [0.1, 0.15) is 21.5 Å². The molecular weight excluding hydrogens is 360 g/mol. The van der Waals surface area contributed by atoms with Gasteiger partial charge in [0.15, 0.2) is 0 Å². The first-order valence-corrected chi connectivity index (χ1v) is 9.89. The van der Waals surface area contributed by atoms with Crippen LogP contribution in [0.3, 0.4) is 0 Å². The molecule has 3 aromatic rings. The van der Waals surface area contributed by atoms with Crippen LogP contribution < -0.4 is 10.0 Å². The molecule has 0 aromatic heterocycles. The number of rotatable bonds is 5. The smallest absolute Gasteiger partial charge is 0.261 e. The van der Waals surface area contributed by atoms with Crippen molar-refractivity contribution in [1.82, 2.24) is 0 Å². The van der Waals surface area contributed by atoms with Crippen molar-refractivity contribution in [3.05, 3.63) is 89.5 Å². The Labute approximate surface area is 159 Å². The summed E-state index contributed by atoms with van der Waals surface area (Å²) >= 11 is 0. The van der Waals surface area contributed by atoms with Gasteiger partial charge in [0.1, 0.15) is 0 Å². The number of aryl methyl sites for hydroxylation is 2. The zero-order valence-corrected chi connectivity index (χ0v) is 15.9. The normalized spacial score (nSPS) is 11.0. The summed E-state index contributed by atoms with van der Waals surface area (Å²) in [4.78, 5) is 12.5. The van der Waals surface area contributed by atoms with Crippen LogP contribution in [0.15, 0.2) is 77.7 Å². The van der Waals surface area contributed by atoms with Gasteiger partial charge in [-0.25, -0.2) is 8.42 Å². The van der Waals surface area contributed by atoms with Crippen LogP contribution in [0.5, 0.6) is 0 Å². The Bertz CT molecular complexity index is 1070. The van der Waals surface area contributed by atoms with Crippen LogP contribution in [0.4, 0.5) is 11.4 Å². The minimum absolute atomic E-state index is 0.0283. The Morgan fingerprint density at radius 1 is 0.778 bits per heavy atom. The molecule has 0 unspecified atom stereocenters. The fourth-order valence-corrected chi connectivity index (χ4v) is 3.66. The molecule has 3 rings (SSSR count). The van der Waals surface area contributed by atoms with Crippen molar-refractivity contribution >= 4 is 27.3 Å². The SMILES string of the molecule is Cc1ccc(NC(=O)c2cccc(S(=O)(=O)Nc3cccc(C)c3)c2)cc1. The molecule has 0 heterocycles. The summed E-state index contributed by atoms with van der Waals surface area (Å²) in [6, 6.07) is 20.4. The molecule has 0 aliphatic heterocycles. The number of hydrogen-bond donors (Lipinski definition) is 2. The molecule has 0 radical (unpaired) electrons. The minimum Gasteiger partial charge on any atom is -0.322 e. The summed E-state index contributed by atoms with van der Waals surface area (Å²) in [6.07, 6.45) is 0. The second kappa shape index (κ2) is 7.63. The summed E-state index contributed by atoms with van der Waals surface area (Å²) in [7, 11) is -3.79. The van der Waals surface area contributed by atoms with Gasteiger partial charge in [-0.1, -0.05) is 35.9 Å². The molecule has 27 heavy (non-hydrogen) atoms. The van der Waals surface area contributed by atoms with Crippen molar-refractivity contribution in [2.45, 2.75) is 18.7 Å². The lowest BCUT2D eigenvalue weighted by Crippen LogP contribution is -2.16. The summed E-state index contributed by atoms with van der Waals surface area (Å²) < 4.78 is 27.8. The van der Waals surface area contributed by atoms with Gasteiger partial charge in [0, 0.05) is 16.9 Å². The monoisotopic (exact) mass is 380 g/mol. The minimum atomic E-state index is -3.79. The molecule has 0 atom stereocenters. The number of sulfonamides is 1. The number of nitrogens with one attached hydrogen (secondary N) is 2. The third-order valence-corrected chi connectivity index (χ3v) is 5.37. The Balaban J connectivity index is 1.81. The van der Waals surface area contributed by atoms with Crippen molar-refractivity contribution in [3.8, 4) is 0 Å². The number of hydrogen-bond acceptors (Lipinski definition) is 3. The number of carbonyl (C=O) groups excluding carboxylic acids is 1. The first-order valence-electron chi connectivity index (χ1n) is 8.41. The van der Waals surface area contributed by atoms with E-state index in [9.17, 15) is 13.2 Å². The summed E-state index contributed by atoms with van der Waals surface area (Å²) in [5.74, 6) is -0.369. The maximum Gasteiger partial charge on any atom is 0.261 e. The van der Waals surface area contributed by atoms with E-state index in [0.717, 1.165) is 11.1 Å². The molecule has 6 heteroatoms. The highest BCUT2D eigenvalue weighted by molar-refractivity contribution is 7.92. The predicted octanol–water partition coefficient (Wildman–Crippen LogP) is 4.36. The highest BCUT2D eigenvalue weighted by atomic mass is 32.2. The fourth-order valence-electron chi connectivity index (χ4n) is 2.57. The van der Waals surface area contributed by atoms with Gasteiger partial charge in [-0.3, -0.25) is 9.52 Å². The Kier molecular flexibility index (Phi) is 5.28. The van der Waals surface area contributed by atoms with Crippen LogP contribution in [0, 0.1) is 13.8 Å². The van der Waals surface area contributed by atoms with E-state index in [-0.39, 0.29) is 16.4 Å².